The fraction of sp³-hybridized carbons (Fsp3) is 0.200. The van der Waals surface area contributed by atoms with Crippen LogP contribution in [0, 0.1) is 0 Å². The highest BCUT2D eigenvalue weighted by Crippen LogP contribution is 2.29. The van der Waals surface area contributed by atoms with Crippen molar-refractivity contribution in [3.8, 4) is 5.88 Å². The molecule has 0 aliphatic carbocycles. The van der Waals surface area contributed by atoms with Gasteiger partial charge in [0.2, 0.25) is 5.88 Å². The fourth-order valence-corrected chi connectivity index (χ4v) is 3.50. The standard InChI is InChI=1S/C20H14Cl4F2N2O3/c21-12-3-1-10(5-14(12)23)16(25)8-27-18(29)7-19(30)28(20(27)31)9-17(26)11-2-4-13(22)15(24)6-11/h1-7,16-17,29H,8-9H2/t16-,17-/m1/s1. The van der Waals surface area contributed by atoms with Crippen molar-refractivity contribution in [2.75, 3.05) is 0 Å². The van der Waals surface area contributed by atoms with Gasteiger partial charge in [0.15, 0.2) is 0 Å². The van der Waals surface area contributed by atoms with Crippen LogP contribution < -0.4 is 11.2 Å². The van der Waals surface area contributed by atoms with Crippen molar-refractivity contribution >= 4 is 46.4 Å². The van der Waals surface area contributed by atoms with E-state index in [9.17, 15) is 23.5 Å². The van der Waals surface area contributed by atoms with Crippen LogP contribution in [0.1, 0.15) is 23.5 Å². The zero-order chi connectivity index (χ0) is 22.9. The number of alkyl halides is 2. The van der Waals surface area contributed by atoms with Gasteiger partial charge in [-0.15, -0.1) is 0 Å². The number of nitrogens with zero attached hydrogens (tertiary/aromatic N) is 2. The van der Waals surface area contributed by atoms with Crippen LogP contribution in [0.5, 0.6) is 5.88 Å². The average molecular weight is 510 g/mol. The van der Waals surface area contributed by atoms with Gasteiger partial charge in [-0.25, -0.2) is 13.6 Å². The van der Waals surface area contributed by atoms with Crippen molar-refractivity contribution in [2.24, 2.45) is 0 Å². The van der Waals surface area contributed by atoms with E-state index in [4.69, 9.17) is 46.4 Å². The predicted molar refractivity (Wildman–Crippen MR) is 117 cm³/mol. The molecule has 0 saturated heterocycles. The van der Waals surface area contributed by atoms with Gasteiger partial charge in [0.1, 0.15) is 12.3 Å². The Labute approximate surface area is 195 Å². The van der Waals surface area contributed by atoms with E-state index in [1.807, 2.05) is 0 Å². The van der Waals surface area contributed by atoms with Gasteiger partial charge in [-0.1, -0.05) is 58.5 Å². The van der Waals surface area contributed by atoms with Crippen molar-refractivity contribution in [1.82, 2.24) is 9.13 Å². The summed E-state index contributed by atoms with van der Waals surface area (Å²) in [4.78, 5) is 24.9. The predicted octanol–water partition coefficient (Wildman–Crippen LogP) is 5.75. The SMILES string of the molecule is O=c1cc(O)n(C[C@@H](F)c2ccc(Cl)c(Cl)c2)c(=O)n1C[C@@H](F)c1ccc(Cl)c(Cl)c1. The Hall–Kier alpha value is -2.06. The lowest BCUT2D eigenvalue weighted by atomic mass is 10.1. The molecule has 0 saturated carbocycles. The lowest BCUT2D eigenvalue weighted by Gasteiger charge is -2.16. The van der Waals surface area contributed by atoms with Crippen molar-refractivity contribution in [3.05, 3.63) is 94.5 Å². The fourth-order valence-electron chi connectivity index (χ4n) is 2.89. The molecule has 2 atom stereocenters. The van der Waals surface area contributed by atoms with Crippen LogP contribution in [0.25, 0.3) is 0 Å². The summed E-state index contributed by atoms with van der Waals surface area (Å²) >= 11 is 23.4. The minimum Gasteiger partial charge on any atom is -0.494 e. The molecule has 0 fully saturated rings. The van der Waals surface area contributed by atoms with E-state index in [2.05, 4.69) is 0 Å². The number of hydrogen-bond donors (Lipinski definition) is 1. The quantitative estimate of drug-likeness (QED) is 0.460. The van der Waals surface area contributed by atoms with E-state index in [1.54, 1.807) is 0 Å². The highest BCUT2D eigenvalue weighted by atomic mass is 35.5. The molecular formula is C20H14Cl4F2N2O3. The van der Waals surface area contributed by atoms with Crippen molar-refractivity contribution in [3.63, 3.8) is 0 Å². The minimum atomic E-state index is -1.78. The third-order valence-electron chi connectivity index (χ3n) is 4.55. The van der Waals surface area contributed by atoms with Crippen LogP contribution >= 0.6 is 46.4 Å². The van der Waals surface area contributed by atoms with Crippen LogP contribution in [0.4, 0.5) is 8.78 Å². The van der Waals surface area contributed by atoms with Crippen LogP contribution in [-0.2, 0) is 13.1 Å². The Morgan fingerprint density at radius 3 is 1.65 bits per heavy atom. The number of aromatic nitrogens is 2. The van der Waals surface area contributed by atoms with Crippen LogP contribution in [0.15, 0.2) is 52.1 Å². The first kappa shape index (κ1) is 23.6. The Morgan fingerprint density at radius 2 is 1.19 bits per heavy atom. The van der Waals surface area contributed by atoms with Gasteiger partial charge in [0, 0.05) is 0 Å². The molecule has 3 aromatic rings. The van der Waals surface area contributed by atoms with Crippen LogP contribution in [0.2, 0.25) is 20.1 Å². The van der Waals surface area contributed by atoms with Crippen molar-refractivity contribution in [1.29, 1.82) is 0 Å². The normalized spacial score (nSPS) is 13.2. The topological polar surface area (TPSA) is 64.2 Å². The smallest absolute Gasteiger partial charge is 0.333 e. The first-order chi connectivity index (χ1) is 14.6. The molecule has 1 aromatic heterocycles. The van der Waals surface area contributed by atoms with Gasteiger partial charge in [0.25, 0.3) is 5.56 Å². The number of aromatic hydroxyl groups is 1. The van der Waals surface area contributed by atoms with E-state index in [0.29, 0.717) is 15.2 Å². The van der Waals surface area contributed by atoms with Crippen molar-refractivity contribution in [2.45, 2.75) is 25.4 Å². The summed E-state index contributed by atoms with van der Waals surface area (Å²) < 4.78 is 30.7. The molecule has 0 bridgehead atoms. The lowest BCUT2D eigenvalue weighted by Crippen LogP contribution is -2.40. The maximum Gasteiger partial charge on any atom is 0.333 e. The Kier molecular flexibility index (Phi) is 7.31. The molecule has 0 radical (unpaired) electrons. The molecule has 2 aromatic carbocycles. The Balaban J connectivity index is 1.92. The summed E-state index contributed by atoms with van der Waals surface area (Å²) in [6.45, 7) is -1.30. The number of hydrogen-bond acceptors (Lipinski definition) is 3. The maximum atomic E-state index is 14.8. The zero-order valence-corrected chi connectivity index (χ0v) is 18.6. The van der Waals surface area contributed by atoms with E-state index < -0.39 is 42.6 Å². The second-order valence-electron chi connectivity index (χ2n) is 6.63. The third kappa shape index (κ3) is 5.23. The number of rotatable bonds is 6. The maximum absolute atomic E-state index is 14.8. The van der Waals surface area contributed by atoms with Crippen molar-refractivity contribution < 1.29 is 13.9 Å². The summed E-state index contributed by atoms with van der Waals surface area (Å²) in [6.07, 6.45) is -3.55. The molecular weight excluding hydrogens is 496 g/mol. The third-order valence-corrected chi connectivity index (χ3v) is 6.03. The Bertz CT molecular complexity index is 1250. The highest BCUT2D eigenvalue weighted by molar-refractivity contribution is 6.42. The second kappa shape index (κ2) is 9.61. The summed E-state index contributed by atoms with van der Waals surface area (Å²) in [5.74, 6) is -0.751. The molecule has 0 aliphatic rings. The van der Waals surface area contributed by atoms with Gasteiger partial charge in [-0.05, 0) is 35.4 Å². The molecule has 11 heteroatoms. The summed E-state index contributed by atoms with van der Waals surface area (Å²) in [5, 5.41) is 10.7. The largest absolute Gasteiger partial charge is 0.494 e. The molecule has 31 heavy (non-hydrogen) atoms. The van der Waals surface area contributed by atoms with E-state index in [1.165, 1.54) is 36.4 Å². The molecule has 1 heterocycles. The van der Waals surface area contributed by atoms with Crippen LogP contribution in [-0.4, -0.2) is 14.2 Å². The molecule has 0 unspecified atom stereocenters. The van der Waals surface area contributed by atoms with Gasteiger partial charge in [-0.3, -0.25) is 13.9 Å². The monoisotopic (exact) mass is 508 g/mol. The van der Waals surface area contributed by atoms with Gasteiger partial charge in [0.05, 0.1) is 39.2 Å². The molecule has 0 spiro atoms. The molecule has 3 rings (SSSR count). The number of benzene rings is 2. The number of halogens is 6. The molecule has 164 valence electrons. The highest BCUT2D eigenvalue weighted by Gasteiger charge is 2.20. The second-order valence-corrected chi connectivity index (χ2v) is 8.26. The first-order valence-corrected chi connectivity index (χ1v) is 10.3. The Morgan fingerprint density at radius 1 is 0.742 bits per heavy atom. The molecule has 1 N–H and O–H groups in total. The minimum absolute atomic E-state index is 0.0968. The molecule has 0 amide bonds. The molecule has 0 aliphatic heterocycles. The average Bonchev–Trinajstić information content (AvgIpc) is 2.72. The lowest BCUT2D eigenvalue weighted by molar-refractivity contribution is 0.261. The summed E-state index contributed by atoms with van der Waals surface area (Å²) in [7, 11) is 0. The summed E-state index contributed by atoms with van der Waals surface area (Å²) in [6, 6.07) is 8.79. The van der Waals surface area contributed by atoms with Gasteiger partial charge < -0.3 is 5.11 Å². The summed E-state index contributed by atoms with van der Waals surface area (Å²) in [5.41, 5.74) is -1.81. The van der Waals surface area contributed by atoms with E-state index in [-0.39, 0.29) is 31.2 Å². The first-order valence-electron chi connectivity index (χ1n) is 8.80. The van der Waals surface area contributed by atoms with E-state index >= 15 is 0 Å². The zero-order valence-electron chi connectivity index (χ0n) is 15.5. The molecule has 5 nitrogen and oxygen atoms in total. The van der Waals surface area contributed by atoms with Gasteiger partial charge >= 0.3 is 5.69 Å². The van der Waals surface area contributed by atoms with Gasteiger partial charge in [-0.2, -0.15) is 0 Å². The van der Waals surface area contributed by atoms with E-state index in [0.717, 1.165) is 0 Å². The van der Waals surface area contributed by atoms with Crippen LogP contribution in [0.3, 0.4) is 0 Å².